The molecule has 6 heterocycles. The highest BCUT2D eigenvalue weighted by Gasteiger charge is 2.18. The molecule has 0 aliphatic carbocycles. The molecule has 9 heteroatoms. The molecule has 1 aliphatic rings. The Labute approximate surface area is 230 Å². The highest BCUT2D eigenvalue weighted by atomic mass is 16.1. The van der Waals surface area contributed by atoms with Crippen molar-refractivity contribution in [1.82, 2.24) is 35.5 Å². The Morgan fingerprint density at radius 1 is 0.850 bits per heavy atom. The fourth-order valence-corrected chi connectivity index (χ4v) is 5.56. The van der Waals surface area contributed by atoms with Crippen LogP contribution in [0.15, 0.2) is 79.6 Å². The van der Waals surface area contributed by atoms with Crippen molar-refractivity contribution in [1.29, 1.82) is 0 Å². The zero-order chi connectivity index (χ0) is 26.9. The number of nitrogens with one attached hydrogen (secondary N) is 4. The molecular weight excluding hydrogens is 500 g/mol. The predicted octanol–water partition coefficient (Wildman–Crippen LogP) is 5.56. The lowest BCUT2D eigenvalue weighted by atomic mass is 9.94. The van der Waals surface area contributed by atoms with Crippen molar-refractivity contribution in [2.45, 2.75) is 19.3 Å². The molecule has 0 radical (unpaired) electrons. The van der Waals surface area contributed by atoms with Crippen LogP contribution < -0.4 is 10.6 Å². The third-order valence-electron chi connectivity index (χ3n) is 7.62. The van der Waals surface area contributed by atoms with Crippen LogP contribution in [-0.2, 0) is 4.79 Å². The number of H-pyrrole nitrogens is 2. The summed E-state index contributed by atoms with van der Waals surface area (Å²) >= 11 is 0. The number of carbonyl (C=O) groups excluding carboxylic acids is 1. The first-order chi connectivity index (χ1) is 19.7. The van der Waals surface area contributed by atoms with Crippen molar-refractivity contribution in [3.8, 4) is 33.6 Å². The fraction of sp³-hybridized carbons (Fsp3) is 0.194. The molecular formula is C31H28N8O. The summed E-state index contributed by atoms with van der Waals surface area (Å²) in [5, 5.41) is 16.2. The molecule has 1 amide bonds. The molecule has 0 unspecified atom stereocenters. The molecule has 1 fully saturated rings. The van der Waals surface area contributed by atoms with Gasteiger partial charge in [0.1, 0.15) is 5.69 Å². The Kier molecular flexibility index (Phi) is 6.25. The van der Waals surface area contributed by atoms with Crippen LogP contribution in [0.5, 0.6) is 0 Å². The van der Waals surface area contributed by atoms with E-state index in [4.69, 9.17) is 0 Å². The number of benzene rings is 1. The van der Waals surface area contributed by atoms with Gasteiger partial charge in [-0.25, -0.2) is 0 Å². The molecule has 0 atom stereocenters. The molecule has 40 heavy (non-hydrogen) atoms. The van der Waals surface area contributed by atoms with Crippen LogP contribution in [0.2, 0.25) is 0 Å². The lowest BCUT2D eigenvalue weighted by Crippen LogP contribution is -2.30. The minimum absolute atomic E-state index is 0.0392. The molecule has 0 spiro atoms. The zero-order valence-electron chi connectivity index (χ0n) is 21.8. The Bertz CT molecular complexity index is 1820. The SMILES string of the molecule is O=C(CC1CCNCC1)Nc1cncc(-c2ccc3[nH]nc(-c4cc5c(-c6cccnc6)cncc5[nH]4)c3c2)c1. The van der Waals surface area contributed by atoms with E-state index in [0.29, 0.717) is 18.0 Å². The number of fused-ring (bicyclic) bond motifs is 2. The maximum Gasteiger partial charge on any atom is 0.224 e. The maximum atomic E-state index is 12.7. The fourth-order valence-electron chi connectivity index (χ4n) is 5.56. The number of rotatable bonds is 6. The number of aromatic nitrogens is 6. The van der Waals surface area contributed by atoms with E-state index in [-0.39, 0.29) is 5.91 Å². The minimum atomic E-state index is 0.0392. The van der Waals surface area contributed by atoms with E-state index in [2.05, 4.69) is 52.9 Å². The van der Waals surface area contributed by atoms with Crippen LogP contribution in [0.1, 0.15) is 19.3 Å². The smallest absolute Gasteiger partial charge is 0.224 e. The Morgan fingerprint density at radius 3 is 2.60 bits per heavy atom. The first-order valence-electron chi connectivity index (χ1n) is 13.5. The minimum Gasteiger partial charge on any atom is -0.352 e. The summed E-state index contributed by atoms with van der Waals surface area (Å²) in [7, 11) is 0. The average molecular weight is 529 g/mol. The summed E-state index contributed by atoms with van der Waals surface area (Å²) < 4.78 is 0. The Balaban J connectivity index is 1.19. The van der Waals surface area contributed by atoms with Gasteiger partial charge < -0.3 is 15.6 Å². The second-order valence-electron chi connectivity index (χ2n) is 10.3. The lowest BCUT2D eigenvalue weighted by molar-refractivity contribution is -0.117. The van der Waals surface area contributed by atoms with Crippen LogP contribution in [0, 0.1) is 5.92 Å². The van der Waals surface area contributed by atoms with E-state index in [1.807, 2.05) is 55.1 Å². The molecule has 9 nitrogen and oxygen atoms in total. The third kappa shape index (κ3) is 4.71. The van der Waals surface area contributed by atoms with Gasteiger partial charge in [0.15, 0.2) is 0 Å². The summed E-state index contributed by atoms with van der Waals surface area (Å²) in [6, 6.07) is 14.2. The topological polar surface area (TPSA) is 124 Å². The van der Waals surface area contributed by atoms with Gasteiger partial charge in [-0.2, -0.15) is 5.10 Å². The number of piperidine rings is 1. The van der Waals surface area contributed by atoms with Gasteiger partial charge in [-0.3, -0.25) is 24.8 Å². The number of amides is 1. The van der Waals surface area contributed by atoms with Gasteiger partial charge in [0.25, 0.3) is 0 Å². The summed E-state index contributed by atoms with van der Waals surface area (Å²) in [4.78, 5) is 29.3. The number of carbonyl (C=O) groups is 1. The number of aromatic amines is 2. The molecule has 0 bridgehead atoms. The molecule has 198 valence electrons. The summed E-state index contributed by atoms with van der Waals surface area (Å²) in [6.07, 6.45) is 13.4. The maximum absolute atomic E-state index is 12.7. The summed E-state index contributed by atoms with van der Waals surface area (Å²) in [5.74, 6) is 0.470. The van der Waals surface area contributed by atoms with E-state index in [0.717, 1.165) is 81.4 Å². The number of nitrogens with zero attached hydrogens (tertiary/aromatic N) is 4. The first-order valence-corrected chi connectivity index (χ1v) is 13.5. The normalized spacial score (nSPS) is 14.1. The van der Waals surface area contributed by atoms with E-state index < -0.39 is 0 Å². The Hall–Kier alpha value is -4.89. The second kappa shape index (κ2) is 10.3. The standard InChI is InChI=1S/C31H28N8O/c40-30(10-19-5-8-32-9-6-19)36-23-11-22(15-34-16-23)20-3-4-27-25(12-20)31(39-38-27)28-13-24-26(17-35-18-29(24)37-28)21-2-1-7-33-14-21/h1-4,7,11-19,32,37H,5-6,8-10H2,(H,36,40)(H,38,39). The van der Waals surface area contributed by atoms with Gasteiger partial charge in [0.05, 0.1) is 34.8 Å². The highest BCUT2D eigenvalue weighted by Crippen LogP contribution is 2.35. The molecule has 0 saturated carbocycles. The van der Waals surface area contributed by atoms with Gasteiger partial charge in [-0.15, -0.1) is 0 Å². The quantitative estimate of drug-likeness (QED) is 0.224. The van der Waals surface area contributed by atoms with Crippen molar-refractivity contribution in [2.24, 2.45) is 5.92 Å². The van der Waals surface area contributed by atoms with Crippen molar-refractivity contribution >= 4 is 33.4 Å². The van der Waals surface area contributed by atoms with Crippen molar-refractivity contribution < 1.29 is 4.79 Å². The van der Waals surface area contributed by atoms with Crippen molar-refractivity contribution in [3.05, 3.63) is 79.6 Å². The molecule has 4 N–H and O–H groups in total. The van der Waals surface area contributed by atoms with Crippen LogP contribution in [0.3, 0.4) is 0 Å². The molecule has 6 aromatic rings. The van der Waals surface area contributed by atoms with E-state index in [9.17, 15) is 4.79 Å². The number of hydrogen-bond acceptors (Lipinski definition) is 6. The first kappa shape index (κ1) is 24.2. The summed E-state index contributed by atoms with van der Waals surface area (Å²) in [6.45, 7) is 1.96. The van der Waals surface area contributed by atoms with E-state index >= 15 is 0 Å². The third-order valence-corrected chi connectivity index (χ3v) is 7.62. The monoisotopic (exact) mass is 528 g/mol. The van der Waals surface area contributed by atoms with E-state index in [1.165, 1.54) is 0 Å². The van der Waals surface area contributed by atoms with Gasteiger partial charge >= 0.3 is 0 Å². The van der Waals surface area contributed by atoms with Gasteiger partial charge in [-0.1, -0.05) is 12.1 Å². The van der Waals surface area contributed by atoms with Crippen LogP contribution >= 0.6 is 0 Å². The average Bonchev–Trinajstić information content (AvgIpc) is 3.62. The number of anilines is 1. The van der Waals surface area contributed by atoms with Crippen LogP contribution in [0.25, 0.3) is 55.4 Å². The van der Waals surface area contributed by atoms with Gasteiger partial charge in [-0.05, 0) is 67.7 Å². The largest absolute Gasteiger partial charge is 0.352 e. The van der Waals surface area contributed by atoms with Gasteiger partial charge in [0, 0.05) is 58.7 Å². The van der Waals surface area contributed by atoms with E-state index in [1.54, 1.807) is 12.4 Å². The van der Waals surface area contributed by atoms with Crippen LogP contribution in [0.4, 0.5) is 5.69 Å². The zero-order valence-corrected chi connectivity index (χ0v) is 21.8. The highest BCUT2D eigenvalue weighted by molar-refractivity contribution is 6.01. The van der Waals surface area contributed by atoms with Crippen LogP contribution in [-0.4, -0.2) is 49.1 Å². The predicted molar refractivity (Wildman–Crippen MR) is 156 cm³/mol. The number of pyridine rings is 3. The molecule has 7 rings (SSSR count). The molecule has 1 aliphatic heterocycles. The lowest BCUT2D eigenvalue weighted by Gasteiger charge is -2.21. The van der Waals surface area contributed by atoms with Crippen molar-refractivity contribution in [2.75, 3.05) is 18.4 Å². The van der Waals surface area contributed by atoms with Gasteiger partial charge in [0.2, 0.25) is 5.91 Å². The summed E-state index contributed by atoms with van der Waals surface area (Å²) in [5.41, 5.74) is 8.23. The second-order valence-corrected chi connectivity index (χ2v) is 10.3. The molecule has 5 aromatic heterocycles. The molecule has 1 aromatic carbocycles. The Morgan fingerprint density at radius 2 is 1.73 bits per heavy atom. The molecule has 1 saturated heterocycles. The number of hydrogen-bond donors (Lipinski definition) is 4. The van der Waals surface area contributed by atoms with Crippen molar-refractivity contribution in [3.63, 3.8) is 0 Å².